The summed E-state index contributed by atoms with van der Waals surface area (Å²) in [6.45, 7) is 4.21. The molecule has 3 N–H and O–H groups in total. The number of nitrogens with one attached hydrogen (secondary N) is 2. The van der Waals surface area contributed by atoms with E-state index in [1.807, 2.05) is 38.1 Å². The van der Waals surface area contributed by atoms with Crippen molar-refractivity contribution < 1.29 is 27.7 Å². The SMILES string of the molecule is COC[C@H](C)Oc1cc(Oc2cnc(S(C)(=O)=O)cn2)cc(-c2ccc(C3=C[C@H](O)[C@H](C)N3)[nH]2)c1. The monoisotopic (exact) mass is 500 g/mol. The number of aliphatic hydroxyl groups excluding tert-OH is 1. The van der Waals surface area contributed by atoms with Crippen LogP contribution in [0.5, 0.6) is 17.4 Å². The summed E-state index contributed by atoms with van der Waals surface area (Å²) >= 11 is 0. The fourth-order valence-corrected chi connectivity index (χ4v) is 4.09. The van der Waals surface area contributed by atoms with Crippen LogP contribution in [0.4, 0.5) is 0 Å². The molecular formula is C24H28N4O6S. The number of methoxy groups -OCH3 is 1. The van der Waals surface area contributed by atoms with Crippen molar-refractivity contribution >= 4 is 15.5 Å². The molecule has 35 heavy (non-hydrogen) atoms. The highest BCUT2D eigenvalue weighted by molar-refractivity contribution is 7.90. The van der Waals surface area contributed by atoms with Crippen molar-refractivity contribution in [1.82, 2.24) is 20.3 Å². The Hall–Kier alpha value is -3.41. The summed E-state index contributed by atoms with van der Waals surface area (Å²) in [5.74, 6) is 1.13. The lowest BCUT2D eigenvalue weighted by molar-refractivity contribution is 0.0920. The minimum Gasteiger partial charge on any atom is -0.488 e. The van der Waals surface area contributed by atoms with Gasteiger partial charge in [-0.3, -0.25) is 0 Å². The molecule has 4 rings (SSSR count). The van der Waals surface area contributed by atoms with Gasteiger partial charge in [0.05, 0.1) is 42.5 Å². The van der Waals surface area contributed by atoms with Gasteiger partial charge in [-0.15, -0.1) is 0 Å². The molecule has 0 unspecified atom stereocenters. The summed E-state index contributed by atoms with van der Waals surface area (Å²) in [7, 11) is -1.86. The first kappa shape index (κ1) is 24.7. The van der Waals surface area contributed by atoms with Gasteiger partial charge in [-0.05, 0) is 44.2 Å². The van der Waals surface area contributed by atoms with Gasteiger partial charge in [-0.2, -0.15) is 0 Å². The first-order chi connectivity index (χ1) is 16.6. The van der Waals surface area contributed by atoms with E-state index >= 15 is 0 Å². The Kier molecular flexibility index (Phi) is 7.10. The Morgan fingerprint density at radius 2 is 1.86 bits per heavy atom. The van der Waals surface area contributed by atoms with Gasteiger partial charge < -0.3 is 29.6 Å². The highest BCUT2D eigenvalue weighted by Gasteiger charge is 2.22. The molecule has 3 atom stereocenters. The fourth-order valence-electron chi connectivity index (χ4n) is 3.61. The highest BCUT2D eigenvalue weighted by atomic mass is 32.2. The molecule has 1 aromatic carbocycles. The third-order valence-corrected chi connectivity index (χ3v) is 6.32. The van der Waals surface area contributed by atoms with Crippen molar-refractivity contribution in [3.05, 3.63) is 54.5 Å². The van der Waals surface area contributed by atoms with Crippen LogP contribution in [0, 0.1) is 0 Å². The Morgan fingerprint density at radius 3 is 2.49 bits per heavy atom. The number of hydrogen-bond acceptors (Lipinski definition) is 9. The van der Waals surface area contributed by atoms with Crippen LogP contribution >= 0.6 is 0 Å². The lowest BCUT2D eigenvalue weighted by Gasteiger charge is -2.16. The minimum absolute atomic E-state index is 0.0639. The summed E-state index contributed by atoms with van der Waals surface area (Å²) in [5, 5.41) is 13.1. The zero-order chi connectivity index (χ0) is 25.2. The van der Waals surface area contributed by atoms with Crippen molar-refractivity contribution in [2.24, 2.45) is 0 Å². The number of aromatic nitrogens is 3. The van der Waals surface area contributed by atoms with Crippen LogP contribution in [0.25, 0.3) is 17.0 Å². The quantitative estimate of drug-likeness (QED) is 0.405. The second kappa shape index (κ2) is 10.1. The first-order valence-corrected chi connectivity index (χ1v) is 12.9. The normalized spacial score (nSPS) is 18.6. The van der Waals surface area contributed by atoms with E-state index in [2.05, 4.69) is 20.3 Å². The third kappa shape index (κ3) is 5.99. The summed E-state index contributed by atoms with van der Waals surface area (Å²) in [6, 6.07) is 9.19. The van der Waals surface area contributed by atoms with Crippen molar-refractivity contribution in [3.63, 3.8) is 0 Å². The number of H-pyrrole nitrogens is 1. The largest absolute Gasteiger partial charge is 0.488 e. The zero-order valence-corrected chi connectivity index (χ0v) is 20.7. The molecule has 0 radical (unpaired) electrons. The Labute approximate surface area is 203 Å². The summed E-state index contributed by atoms with van der Waals surface area (Å²) in [5.41, 5.74) is 3.27. The number of benzene rings is 1. The smallest absolute Gasteiger partial charge is 0.237 e. The second-order valence-corrected chi connectivity index (χ2v) is 10.4. The van der Waals surface area contributed by atoms with Crippen LogP contribution in [-0.2, 0) is 14.6 Å². The summed E-state index contributed by atoms with van der Waals surface area (Å²) in [6.07, 6.45) is 4.50. The molecule has 0 fully saturated rings. The molecule has 0 saturated carbocycles. The molecule has 3 aromatic rings. The predicted molar refractivity (Wildman–Crippen MR) is 130 cm³/mol. The number of aromatic amines is 1. The van der Waals surface area contributed by atoms with Crippen molar-refractivity contribution in [2.75, 3.05) is 20.0 Å². The average molecular weight is 501 g/mol. The van der Waals surface area contributed by atoms with Gasteiger partial charge in [0.1, 0.15) is 17.6 Å². The van der Waals surface area contributed by atoms with E-state index in [-0.39, 0.29) is 23.1 Å². The maximum Gasteiger partial charge on any atom is 0.237 e. The van der Waals surface area contributed by atoms with E-state index in [4.69, 9.17) is 14.2 Å². The minimum atomic E-state index is -3.46. The molecule has 2 aromatic heterocycles. The summed E-state index contributed by atoms with van der Waals surface area (Å²) < 4.78 is 40.3. The van der Waals surface area contributed by atoms with E-state index in [0.29, 0.717) is 18.1 Å². The molecule has 1 aliphatic heterocycles. The predicted octanol–water partition coefficient (Wildman–Crippen LogP) is 2.77. The third-order valence-electron chi connectivity index (χ3n) is 5.35. The molecule has 0 bridgehead atoms. The van der Waals surface area contributed by atoms with Gasteiger partial charge >= 0.3 is 0 Å². The van der Waals surface area contributed by atoms with Crippen LogP contribution in [0.15, 0.2) is 53.8 Å². The van der Waals surface area contributed by atoms with Gasteiger partial charge in [0, 0.05) is 30.7 Å². The number of aliphatic hydroxyl groups is 1. The van der Waals surface area contributed by atoms with E-state index in [1.165, 1.54) is 6.20 Å². The van der Waals surface area contributed by atoms with Gasteiger partial charge in [0.2, 0.25) is 5.88 Å². The Morgan fingerprint density at radius 1 is 1.11 bits per heavy atom. The van der Waals surface area contributed by atoms with Gasteiger partial charge in [0.25, 0.3) is 0 Å². The topological polar surface area (TPSA) is 136 Å². The van der Waals surface area contributed by atoms with E-state index in [9.17, 15) is 13.5 Å². The number of nitrogens with zero attached hydrogens (tertiary/aromatic N) is 2. The van der Waals surface area contributed by atoms with E-state index < -0.39 is 15.9 Å². The standard InChI is InChI=1S/C24H28N4O6S/c1-14(13-32-3)33-17-7-16(19-5-6-20(28-19)21-10-22(29)15(2)27-21)8-18(9-17)34-23-11-26-24(12-25-23)35(4,30)31/h5-12,14-15,22,27-29H,13H2,1-4H3/t14-,15-,22-/m0/s1. The van der Waals surface area contributed by atoms with Crippen molar-refractivity contribution in [3.8, 4) is 28.6 Å². The number of hydrogen-bond donors (Lipinski definition) is 3. The number of sulfone groups is 1. The van der Waals surface area contributed by atoms with Crippen molar-refractivity contribution in [1.29, 1.82) is 0 Å². The van der Waals surface area contributed by atoms with Gasteiger partial charge in [-0.1, -0.05) is 0 Å². The van der Waals surface area contributed by atoms with E-state index in [0.717, 1.165) is 35.1 Å². The average Bonchev–Trinajstić information content (AvgIpc) is 3.40. The van der Waals surface area contributed by atoms with Crippen LogP contribution < -0.4 is 14.8 Å². The molecule has 1 aliphatic rings. The zero-order valence-electron chi connectivity index (χ0n) is 19.8. The summed E-state index contributed by atoms with van der Waals surface area (Å²) in [4.78, 5) is 11.3. The molecule has 0 amide bonds. The molecule has 3 heterocycles. The van der Waals surface area contributed by atoms with Crippen LogP contribution in [0.3, 0.4) is 0 Å². The highest BCUT2D eigenvalue weighted by Crippen LogP contribution is 2.33. The molecule has 11 heteroatoms. The molecular weight excluding hydrogens is 472 g/mol. The number of ether oxygens (including phenoxy) is 3. The second-order valence-electron chi connectivity index (χ2n) is 8.43. The first-order valence-electron chi connectivity index (χ1n) is 11.0. The van der Waals surface area contributed by atoms with Gasteiger partial charge in [-0.25, -0.2) is 18.4 Å². The Bertz CT molecular complexity index is 1320. The Balaban J connectivity index is 1.64. The van der Waals surface area contributed by atoms with E-state index in [1.54, 1.807) is 19.3 Å². The molecule has 10 nitrogen and oxygen atoms in total. The van der Waals surface area contributed by atoms with Crippen LogP contribution in [0.2, 0.25) is 0 Å². The molecule has 0 aliphatic carbocycles. The van der Waals surface area contributed by atoms with Crippen molar-refractivity contribution in [2.45, 2.75) is 37.1 Å². The van der Waals surface area contributed by atoms with Crippen LogP contribution in [-0.4, -0.2) is 66.7 Å². The maximum atomic E-state index is 11.6. The maximum absolute atomic E-state index is 11.6. The fraction of sp³-hybridized carbons (Fsp3) is 0.333. The molecule has 0 saturated heterocycles. The van der Waals surface area contributed by atoms with Gasteiger partial charge in [0.15, 0.2) is 14.9 Å². The van der Waals surface area contributed by atoms with Crippen LogP contribution in [0.1, 0.15) is 19.5 Å². The molecule has 186 valence electrons. The number of rotatable bonds is 9. The molecule has 0 spiro atoms. The lowest BCUT2D eigenvalue weighted by Crippen LogP contribution is -2.27. The lowest BCUT2D eigenvalue weighted by atomic mass is 10.1.